The maximum absolute atomic E-state index is 12.8. The van der Waals surface area contributed by atoms with Gasteiger partial charge in [0.05, 0.1) is 0 Å². The summed E-state index contributed by atoms with van der Waals surface area (Å²) in [5.74, 6) is -0.690. The van der Waals surface area contributed by atoms with E-state index >= 15 is 0 Å². The van der Waals surface area contributed by atoms with Gasteiger partial charge in [-0.05, 0) is 36.6 Å². The van der Waals surface area contributed by atoms with Gasteiger partial charge in [0, 0.05) is 29.2 Å². The van der Waals surface area contributed by atoms with Gasteiger partial charge in [-0.15, -0.1) is 0 Å². The van der Waals surface area contributed by atoms with Crippen molar-refractivity contribution in [3.05, 3.63) is 76.3 Å². The van der Waals surface area contributed by atoms with Crippen LogP contribution >= 0.6 is 15.9 Å². The highest BCUT2D eigenvalue weighted by atomic mass is 79.9. The Hall–Kier alpha value is -2.40. The van der Waals surface area contributed by atoms with Crippen LogP contribution in [0.3, 0.4) is 0 Å². The van der Waals surface area contributed by atoms with Crippen molar-refractivity contribution >= 4 is 33.9 Å². The Bertz CT molecular complexity index is 798. The van der Waals surface area contributed by atoms with Crippen molar-refractivity contribution in [2.45, 2.75) is 18.9 Å². The number of halogens is 1. The van der Waals surface area contributed by atoms with Crippen LogP contribution in [-0.2, 0) is 14.3 Å². The Kier molecular flexibility index (Phi) is 6.23. The molecule has 0 bridgehead atoms. The van der Waals surface area contributed by atoms with E-state index in [1.807, 2.05) is 54.6 Å². The smallest absolute Gasteiger partial charge is 0.331 e. The third-order valence-corrected chi connectivity index (χ3v) is 4.73. The molecule has 4 nitrogen and oxygen atoms in total. The molecule has 2 aromatic carbocycles. The minimum atomic E-state index is -0.908. The molecule has 1 atom stereocenters. The van der Waals surface area contributed by atoms with Crippen LogP contribution in [0.5, 0.6) is 0 Å². The molecule has 134 valence electrons. The number of nitrogens with zero attached hydrogens (tertiary/aromatic N) is 1. The van der Waals surface area contributed by atoms with Crippen LogP contribution in [0, 0.1) is 0 Å². The third kappa shape index (κ3) is 4.82. The summed E-state index contributed by atoms with van der Waals surface area (Å²) in [5, 5.41) is 0. The number of carbonyl (C=O) groups excluding carboxylic acids is 2. The van der Waals surface area contributed by atoms with Crippen molar-refractivity contribution in [3.63, 3.8) is 0 Å². The molecule has 1 aliphatic rings. The fourth-order valence-electron chi connectivity index (χ4n) is 2.92. The number of amides is 1. The molecule has 5 heteroatoms. The highest BCUT2D eigenvalue weighted by molar-refractivity contribution is 9.10. The first kappa shape index (κ1) is 18.4. The van der Waals surface area contributed by atoms with Crippen LogP contribution < -0.4 is 0 Å². The molecular formula is C21H20BrNO3. The minimum absolute atomic E-state index is 0.155. The molecule has 0 N–H and O–H groups in total. The van der Waals surface area contributed by atoms with Crippen molar-refractivity contribution in [2.75, 3.05) is 13.1 Å². The van der Waals surface area contributed by atoms with Crippen molar-refractivity contribution in [2.24, 2.45) is 0 Å². The normalized spacial score (nSPS) is 15.2. The van der Waals surface area contributed by atoms with Crippen molar-refractivity contribution in [3.8, 4) is 0 Å². The summed E-state index contributed by atoms with van der Waals surface area (Å²) in [4.78, 5) is 26.9. The summed E-state index contributed by atoms with van der Waals surface area (Å²) >= 11 is 3.40. The van der Waals surface area contributed by atoms with Crippen LogP contribution in [0.15, 0.2) is 65.1 Å². The Morgan fingerprint density at radius 3 is 2.46 bits per heavy atom. The van der Waals surface area contributed by atoms with Gasteiger partial charge in [0.1, 0.15) is 0 Å². The van der Waals surface area contributed by atoms with E-state index < -0.39 is 12.1 Å². The largest absolute Gasteiger partial charge is 0.444 e. The van der Waals surface area contributed by atoms with Crippen LogP contribution in [-0.4, -0.2) is 29.9 Å². The second-order valence-electron chi connectivity index (χ2n) is 6.15. The van der Waals surface area contributed by atoms with E-state index in [0.29, 0.717) is 18.7 Å². The molecular weight excluding hydrogens is 394 g/mol. The molecule has 1 fully saturated rings. The Labute approximate surface area is 161 Å². The average Bonchev–Trinajstić information content (AvgIpc) is 3.19. The van der Waals surface area contributed by atoms with Gasteiger partial charge in [-0.25, -0.2) is 4.79 Å². The lowest BCUT2D eigenvalue weighted by atomic mass is 10.1. The standard InChI is InChI=1S/C21H20BrNO3/c22-18-10-6-7-16(15-18)11-12-19(24)26-20(17-8-2-1-3-9-17)21(25)23-13-4-5-14-23/h1-3,6-12,15,20H,4-5,13-14H2/b12-11+/t20-/m1/s1. The van der Waals surface area contributed by atoms with E-state index in [1.54, 1.807) is 11.0 Å². The predicted octanol–water partition coefficient (Wildman–Crippen LogP) is 4.37. The maximum Gasteiger partial charge on any atom is 0.331 e. The summed E-state index contributed by atoms with van der Waals surface area (Å²) < 4.78 is 6.46. The molecule has 0 aliphatic carbocycles. The zero-order chi connectivity index (χ0) is 18.4. The minimum Gasteiger partial charge on any atom is -0.444 e. The molecule has 2 aromatic rings. The fourth-order valence-corrected chi connectivity index (χ4v) is 3.34. The number of hydrogen-bond donors (Lipinski definition) is 0. The van der Waals surface area contributed by atoms with E-state index in [-0.39, 0.29) is 5.91 Å². The second kappa shape index (κ2) is 8.81. The first-order chi connectivity index (χ1) is 12.6. The van der Waals surface area contributed by atoms with Gasteiger partial charge >= 0.3 is 5.97 Å². The molecule has 0 spiro atoms. The molecule has 0 saturated carbocycles. The zero-order valence-electron chi connectivity index (χ0n) is 14.3. The Morgan fingerprint density at radius 1 is 1.04 bits per heavy atom. The Morgan fingerprint density at radius 2 is 1.77 bits per heavy atom. The first-order valence-electron chi connectivity index (χ1n) is 8.61. The van der Waals surface area contributed by atoms with Gasteiger partial charge in [0.25, 0.3) is 5.91 Å². The second-order valence-corrected chi connectivity index (χ2v) is 7.06. The van der Waals surface area contributed by atoms with E-state index in [0.717, 1.165) is 22.9 Å². The number of esters is 1. The van der Waals surface area contributed by atoms with Crippen LogP contribution in [0.1, 0.15) is 30.1 Å². The number of carbonyl (C=O) groups is 2. The van der Waals surface area contributed by atoms with Crippen molar-refractivity contribution < 1.29 is 14.3 Å². The van der Waals surface area contributed by atoms with Gasteiger partial charge in [0.15, 0.2) is 0 Å². The third-order valence-electron chi connectivity index (χ3n) is 4.24. The monoisotopic (exact) mass is 413 g/mol. The van der Waals surface area contributed by atoms with Gasteiger partial charge in [-0.2, -0.15) is 0 Å². The van der Waals surface area contributed by atoms with Gasteiger partial charge < -0.3 is 9.64 Å². The lowest BCUT2D eigenvalue weighted by Crippen LogP contribution is -2.34. The zero-order valence-corrected chi connectivity index (χ0v) is 15.9. The van der Waals surface area contributed by atoms with Gasteiger partial charge in [-0.3, -0.25) is 4.79 Å². The number of likely N-dealkylation sites (tertiary alicyclic amines) is 1. The quantitative estimate of drug-likeness (QED) is 0.539. The SMILES string of the molecule is O=C(/C=C/c1cccc(Br)c1)O[C@@H](C(=O)N1CCCC1)c1ccccc1. The summed E-state index contributed by atoms with van der Waals surface area (Å²) in [6.45, 7) is 1.43. The lowest BCUT2D eigenvalue weighted by molar-refractivity contribution is -0.156. The molecule has 0 radical (unpaired) electrons. The van der Waals surface area contributed by atoms with E-state index in [4.69, 9.17) is 4.74 Å². The molecule has 1 aliphatic heterocycles. The molecule has 1 saturated heterocycles. The van der Waals surface area contributed by atoms with Crippen molar-refractivity contribution in [1.29, 1.82) is 0 Å². The number of hydrogen-bond acceptors (Lipinski definition) is 3. The fraction of sp³-hybridized carbons (Fsp3) is 0.238. The molecule has 0 unspecified atom stereocenters. The highest BCUT2D eigenvalue weighted by Crippen LogP contribution is 2.23. The topological polar surface area (TPSA) is 46.6 Å². The summed E-state index contributed by atoms with van der Waals surface area (Å²) in [6.07, 6.45) is 4.10. The van der Waals surface area contributed by atoms with Gasteiger partial charge in [-0.1, -0.05) is 58.4 Å². The van der Waals surface area contributed by atoms with Gasteiger partial charge in [0.2, 0.25) is 6.10 Å². The van der Waals surface area contributed by atoms with Crippen LogP contribution in [0.2, 0.25) is 0 Å². The maximum atomic E-state index is 12.8. The first-order valence-corrected chi connectivity index (χ1v) is 9.41. The molecule has 1 heterocycles. The van der Waals surface area contributed by atoms with E-state index in [9.17, 15) is 9.59 Å². The summed E-state index contributed by atoms with van der Waals surface area (Å²) in [7, 11) is 0. The molecule has 0 aromatic heterocycles. The van der Waals surface area contributed by atoms with E-state index in [1.165, 1.54) is 6.08 Å². The average molecular weight is 414 g/mol. The van der Waals surface area contributed by atoms with Crippen molar-refractivity contribution in [1.82, 2.24) is 4.90 Å². The number of benzene rings is 2. The highest BCUT2D eigenvalue weighted by Gasteiger charge is 2.30. The Balaban J connectivity index is 1.74. The van der Waals surface area contributed by atoms with Crippen LogP contribution in [0.4, 0.5) is 0 Å². The molecule has 1 amide bonds. The summed E-state index contributed by atoms with van der Waals surface area (Å²) in [5.41, 5.74) is 1.56. The lowest BCUT2D eigenvalue weighted by Gasteiger charge is -2.23. The van der Waals surface area contributed by atoms with Crippen LogP contribution in [0.25, 0.3) is 6.08 Å². The molecule has 3 rings (SSSR count). The number of ether oxygens (including phenoxy) is 1. The number of rotatable bonds is 5. The molecule has 26 heavy (non-hydrogen) atoms. The predicted molar refractivity (Wildman–Crippen MR) is 104 cm³/mol. The summed E-state index contributed by atoms with van der Waals surface area (Å²) in [6, 6.07) is 16.8. The van der Waals surface area contributed by atoms with E-state index in [2.05, 4.69) is 15.9 Å².